The van der Waals surface area contributed by atoms with Crippen LogP contribution in [0, 0.1) is 0 Å². The van der Waals surface area contributed by atoms with Crippen LogP contribution in [0.1, 0.15) is 42.9 Å². The summed E-state index contributed by atoms with van der Waals surface area (Å²) in [5.74, 6) is -1.20. The number of hydrogen-bond acceptors (Lipinski definition) is 7. The monoisotopic (exact) mass is 483 g/mol. The summed E-state index contributed by atoms with van der Waals surface area (Å²) >= 11 is 0. The number of hydrogen-bond donors (Lipinski definition) is 2. The second kappa shape index (κ2) is 11.4. The van der Waals surface area contributed by atoms with Gasteiger partial charge in [-0.1, -0.05) is 12.5 Å². The summed E-state index contributed by atoms with van der Waals surface area (Å²) in [7, 11) is 4.51. The second-order valence-corrected chi connectivity index (χ2v) is 8.04. The molecule has 0 saturated carbocycles. The summed E-state index contributed by atoms with van der Waals surface area (Å²) in [6, 6.07) is 10.7. The number of rotatable bonds is 11. The number of aliphatic hydroxyl groups excluding tert-OH is 1. The minimum absolute atomic E-state index is 0.0297. The molecule has 0 aromatic heterocycles. The van der Waals surface area contributed by atoms with Crippen molar-refractivity contribution in [3.63, 3.8) is 0 Å². The molecule has 1 saturated heterocycles. The van der Waals surface area contributed by atoms with E-state index in [1.54, 1.807) is 42.5 Å². The molecule has 1 amide bonds. The van der Waals surface area contributed by atoms with Gasteiger partial charge < -0.3 is 29.3 Å². The summed E-state index contributed by atoms with van der Waals surface area (Å²) < 4.78 is 15.9. The molecule has 0 unspecified atom stereocenters. The maximum absolute atomic E-state index is 13.1. The lowest BCUT2D eigenvalue weighted by Gasteiger charge is -2.26. The number of ether oxygens (including phenoxy) is 3. The molecule has 9 nitrogen and oxygen atoms in total. The van der Waals surface area contributed by atoms with E-state index in [4.69, 9.17) is 19.3 Å². The Balaban J connectivity index is 2.04. The third-order valence-electron chi connectivity index (χ3n) is 5.92. The molecule has 0 bridgehead atoms. The number of carbonyl (C=O) groups excluding carboxylic acids is 2. The molecule has 1 aliphatic heterocycles. The Kier molecular flexibility index (Phi) is 8.35. The summed E-state index contributed by atoms with van der Waals surface area (Å²) in [5, 5.41) is 20.0. The van der Waals surface area contributed by atoms with Gasteiger partial charge in [0.25, 0.3) is 11.7 Å². The Morgan fingerprint density at radius 3 is 2.17 bits per heavy atom. The van der Waals surface area contributed by atoms with Crippen LogP contribution in [0.15, 0.2) is 48.0 Å². The van der Waals surface area contributed by atoms with E-state index in [0.717, 1.165) is 0 Å². The first-order valence-electron chi connectivity index (χ1n) is 11.2. The number of Topliss-reactive ketones (excluding diaryl/α,β-unsaturated/α-hetero) is 1. The lowest BCUT2D eigenvalue weighted by molar-refractivity contribution is -0.140. The van der Waals surface area contributed by atoms with Gasteiger partial charge in [-0.25, -0.2) is 0 Å². The van der Waals surface area contributed by atoms with Gasteiger partial charge in [-0.2, -0.15) is 0 Å². The van der Waals surface area contributed by atoms with Gasteiger partial charge in [-0.15, -0.1) is 0 Å². The van der Waals surface area contributed by atoms with Gasteiger partial charge >= 0.3 is 5.97 Å². The van der Waals surface area contributed by atoms with E-state index in [1.165, 1.54) is 26.2 Å². The van der Waals surface area contributed by atoms with E-state index in [1.807, 2.05) is 0 Å². The van der Waals surface area contributed by atoms with Crippen LogP contribution in [-0.2, 0) is 14.4 Å². The fourth-order valence-electron chi connectivity index (χ4n) is 4.12. The SMILES string of the molecule is COc1ccc(C(O)=C2C(=O)C(=O)N(CCCCCC(=O)O)[C@@H]2c2ccc(OC)c(OC)c2)cc1. The topological polar surface area (TPSA) is 123 Å². The zero-order valence-corrected chi connectivity index (χ0v) is 19.9. The van der Waals surface area contributed by atoms with Crippen LogP contribution < -0.4 is 14.2 Å². The van der Waals surface area contributed by atoms with Crippen LogP contribution in [0.2, 0.25) is 0 Å². The smallest absolute Gasteiger partial charge is 0.303 e. The number of ketones is 1. The minimum Gasteiger partial charge on any atom is -0.507 e. The molecule has 0 aliphatic carbocycles. The molecule has 2 N–H and O–H groups in total. The number of unbranched alkanes of at least 4 members (excludes halogenated alkanes) is 2. The Bertz CT molecular complexity index is 1120. The molecule has 2 aromatic rings. The molecule has 1 atom stereocenters. The number of carboxylic acids is 1. The molecule has 9 heteroatoms. The van der Waals surface area contributed by atoms with E-state index < -0.39 is 23.7 Å². The van der Waals surface area contributed by atoms with Crippen LogP contribution >= 0.6 is 0 Å². The predicted molar refractivity (Wildman–Crippen MR) is 128 cm³/mol. The molecule has 0 radical (unpaired) electrons. The van der Waals surface area contributed by atoms with Crippen LogP contribution in [0.3, 0.4) is 0 Å². The number of aliphatic carboxylic acids is 1. The molecule has 2 aromatic carbocycles. The number of carboxylic acid groups (broad SMARTS) is 1. The standard InChI is InChI=1S/C26H29NO8/c1-33-18-11-8-16(9-12-18)24(30)22-23(17-10-13-19(34-2)20(15-17)35-3)27(26(32)25(22)31)14-6-4-5-7-21(28)29/h8-13,15,23,30H,4-7,14H2,1-3H3,(H,28,29)/t23-/m1/s1. The third kappa shape index (κ3) is 5.56. The largest absolute Gasteiger partial charge is 0.507 e. The van der Waals surface area contributed by atoms with Gasteiger partial charge in [0.05, 0.1) is 32.9 Å². The number of amides is 1. The van der Waals surface area contributed by atoms with Crippen molar-refractivity contribution >= 4 is 23.4 Å². The second-order valence-electron chi connectivity index (χ2n) is 8.04. The van der Waals surface area contributed by atoms with E-state index in [2.05, 4.69) is 0 Å². The predicted octanol–water partition coefficient (Wildman–Crippen LogP) is 3.78. The quantitative estimate of drug-likeness (QED) is 0.214. The zero-order chi connectivity index (χ0) is 25.5. The maximum Gasteiger partial charge on any atom is 0.303 e. The zero-order valence-electron chi connectivity index (χ0n) is 19.9. The van der Waals surface area contributed by atoms with Crippen molar-refractivity contribution < 1.29 is 38.8 Å². The van der Waals surface area contributed by atoms with Gasteiger partial charge in [0.2, 0.25) is 0 Å². The average Bonchev–Trinajstić information content (AvgIpc) is 3.12. The van der Waals surface area contributed by atoms with E-state index >= 15 is 0 Å². The number of carbonyl (C=O) groups is 3. The molecule has 1 aliphatic rings. The van der Waals surface area contributed by atoms with E-state index in [-0.39, 0.29) is 24.3 Å². The Labute approximate surface area is 203 Å². The van der Waals surface area contributed by atoms with Crippen LogP contribution in [0.5, 0.6) is 17.2 Å². The lowest BCUT2D eigenvalue weighted by Crippen LogP contribution is -2.30. The van der Waals surface area contributed by atoms with Gasteiger partial charge in [-0.05, 0) is 54.8 Å². The highest BCUT2D eigenvalue weighted by Crippen LogP contribution is 2.42. The third-order valence-corrected chi connectivity index (χ3v) is 5.92. The van der Waals surface area contributed by atoms with E-state index in [9.17, 15) is 19.5 Å². The molecule has 35 heavy (non-hydrogen) atoms. The van der Waals surface area contributed by atoms with Crippen molar-refractivity contribution in [2.45, 2.75) is 31.7 Å². The van der Waals surface area contributed by atoms with Gasteiger partial charge in [-0.3, -0.25) is 14.4 Å². The number of benzene rings is 2. The Hall–Kier alpha value is -4.01. The lowest BCUT2D eigenvalue weighted by atomic mass is 9.95. The fourth-order valence-corrected chi connectivity index (χ4v) is 4.12. The molecular weight excluding hydrogens is 454 g/mol. The first kappa shape index (κ1) is 25.6. The van der Waals surface area contributed by atoms with Crippen LogP contribution in [-0.4, -0.2) is 60.6 Å². The Morgan fingerprint density at radius 1 is 0.886 bits per heavy atom. The number of likely N-dealkylation sites (tertiary alicyclic amines) is 1. The van der Waals surface area contributed by atoms with Crippen molar-refractivity contribution in [3.05, 3.63) is 59.2 Å². The first-order chi connectivity index (χ1) is 16.8. The highest BCUT2D eigenvalue weighted by Gasteiger charge is 2.46. The van der Waals surface area contributed by atoms with E-state index in [0.29, 0.717) is 47.6 Å². The minimum atomic E-state index is -0.879. The van der Waals surface area contributed by atoms with Gasteiger partial charge in [0.15, 0.2) is 11.5 Å². The summed E-state index contributed by atoms with van der Waals surface area (Å²) in [5.41, 5.74) is 0.913. The fraction of sp³-hybridized carbons (Fsp3) is 0.346. The van der Waals surface area contributed by atoms with Crippen molar-refractivity contribution in [1.82, 2.24) is 4.90 Å². The molecular formula is C26H29NO8. The molecule has 1 heterocycles. The summed E-state index contributed by atoms with van der Waals surface area (Å²) in [4.78, 5) is 38.4. The number of aliphatic hydroxyl groups is 1. The average molecular weight is 484 g/mol. The summed E-state index contributed by atoms with van der Waals surface area (Å²) in [6.07, 6.45) is 1.58. The van der Waals surface area contributed by atoms with Crippen molar-refractivity contribution in [2.24, 2.45) is 0 Å². The van der Waals surface area contributed by atoms with Gasteiger partial charge in [0, 0.05) is 18.5 Å². The number of nitrogens with zero attached hydrogens (tertiary/aromatic N) is 1. The number of methoxy groups -OCH3 is 3. The van der Waals surface area contributed by atoms with Crippen molar-refractivity contribution in [3.8, 4) is 17.2 Å². The summed E-state index contributed by atoms with van der Waals surface area (Å²) in [6.45, 7) is 0.225. The van der Waals surface area contributed by atoms with Gasteiger partial charge in [0.1, 0.15) is 11.5 Å². The normalized spacial score (nSPS) is 16.9. The van der Waals surface area contributed by atoms with Crippen molar-refractivity contribution in [2.75, 3.05) is 27.9 Å². The molecule has 3 rings (SSSR count). The molecule has 0 spiro atoms. The highest BCUT2D eigenvalue weighted by molar-refractivity contribution is 6.46. The Morgan fingerprint density at radius 2 is 1.57 bits per heavy atom. The van der Waals surface area contributed by atoms with Crippen molar-refractivity contribution in [1.29, 1.82) is 0 Å². The highest BCUT2D eigenvalue weighted by atomic mass is 16.5. The first-order valence-corrected chi connectivity index (χ1v) is 11.2. The molecule has 186 valence electrons. The molecule has 1 fully saturated rings. The maximum atomic E-state index is 13.1. The van der Waals surface area contributed by atoms with Crippen LogP contribution in [0.4, 0.5) is 0 Å². The van der Waals surface area contributed by atoms with Crippen LogP contribution in [0.25, 0.3) is 5.76 Å².